The number of nitriles is 1. The van der Waals surface area contributed by atoms with E-state index in [0.717, 1.165) is 17.0 Å². The highest BCUT2D eigenvalue weighted by molar-refractivity contribution is 6.02. The third-order valence-corrected chi connectivity index (χ3v) is 5.23. The third-order valence-electron chi connectivity index (χ3n) is 5.23. The highest BCUT2D eigenvalue weighted by atomic mass is 16.5. The average molecular weight is 419 g/mol. The molecule has 160 valence electrons. The molecule has 0 bridgehead atoms. The van der Waals surface area contributed by atoms with Crippen molar-refractivity contribution >= 4 is 23.2 Å². The number of para-hydroxylation sites is 1. The van der Waals surface area contributed by atoms with Crippen molar-refractivity contribution in [3.63, 3.8) is 0 Å². The predicted molar refractivity (Wildman–Crippen MR) is 116 cm³/mol. The molecule has 0 saturated carbocycles. The number of ether oxygens (including phenoxy) is 1. The quantitative estimate of drug-likeness (QED) is 0.544. The lowest BCUT2D eigenvalue weighted by atomic mass is 10.0. The molecular weight excluding hydrogens is 394 g/mol. The topological polar surface area (TPSA) is 101 Å². The summed E-state index contributed by atoms with van der Waals surface area (Å²) < 4.78 is 6.78. The first-order valence-corrected chi connectivity index (χ1v) is 10.2. The summed E-state index contributed by atoms with van der Waals surface area (Å²) in [6.45, 7) is 8.09. The van der Waals surface area contributed by atoms with E-state index >= 15 is 0 Å². The highest BCUT2D eigenvalue weighted by Crippen LogP contribution is 2.24. The van der Waals surface area contributed by atoms with Gasteiger partial charge in [-0.3, -0.25) is 4.79 Å². The number of hydrogen-bond donors (Lipinski definition) is 0. The molecule has 1 amide bonds. The molecular formula is C23H25N5O3. The summed E-state index contributed by atoms with van der Waals surface area (Å²) in [5.74, 6) is -0.547. The Labute approximate surface area is 181 Å². The van der Waals surface area contributed by atoms with Crippen LogP contribution in [0, 0.1) is 25.2 Å². The van der Waals surface area contributed by atoms with E-state index in [2.05, 4.69) is 16.2 Å². The van der Waals surface area contributed by atoms with E-state index in [4.69, 9.17) is 4.74 Å². The maximum atomic E-state index is 13.1. The van der Waals surface area contributed by atoms with E-state index in [1.54, 1.807) is 40.6 Å². The van der Waals surface area contributed by atoms with Crippen molar-refractivity contribution in [1.29, 1.82) is 5.26 Å². The molecule has 8 heteroatoms. The number of benzene rings is 1. The minimum atomic E-state index is -0.447. The van der Waals surface area contributed by atoms with Crippen LogP contribution in [0.1, 0.15) is 53.1 Å². The third kappa shape index (κ3) is 4.26. The SMILES string of the molecule is CCOC(=O)c1ccccc1N(CC)C(=O)CCc1c(C)nc2c(C#N)cnn2c1C. The Balaban J connectivity index is 1.85. The molecule has 2 heterocycles. The smallest absolute Gasteiger partial charge is 0.340 e. The van der Waals surface area contributed by atoms with Crippen molar-refractivity contribution in [3.05, 3.63) is 58.5 Å². The van der Waals surface area contributed by atoms with Crippen molar-refractivity contribution in [2.24, 2.45) is 0 Å². The number of rotatable bonds is 7. The lowest BCUT2D eigenvalue weighted by Crippen LogP contribution is -2.32. The van der Waals surface area contributed by atoms with Crippen LogP contribution in [0.5, 0.6) is 0 Å². The molecule has 0 radical (unpaired) electrons. The Kier molecular flexibility index (Phi) is 6.65. The second-order valence-corrected chi connectivity index (χ2v) is 7.04. The van der Waals surface area contributed by atoms with Crippen molar-refractivity contribution in [2.45, 2.75) is 40.5 Å². The van der Waals surface area contributed by atoms with Gasteiger partial charge in [0.2, 0.25) is 5.91 Å². The van der Waals surface area contributed by atoms with E-state index in [-0.39, 0.29) is 18.9 Å². The Hall–Kier alpha value is -3.73. The Morgan fingerprint density at radius 3 is 2.65 bits per heavy atom. The van der Waals surface area contributed by atoms with Crippen LogP contribution in [-0.2, 0) is 16.0 Å². The van der Waals surface area contributed by atoms with Crippen molar-refractivity contribution in [3.8, 4) is 6.07 Å². The number of aryl methyl sites for hydroxylation is 2. The minimum Gasteiger partial charge on any atom is -0.462 e. The van der Waals surface area contributed by atoms with Gasteiger partial charge in [-0.2, -0.15) is 10.4 Å². The van der Waals surface area contributed by atoms with Gasteiger partial charge in [-0.25, -0.2) is 14.3 Å². The van der Waals surface area contributed by atoms with Gasteiger partial charge >= 0.3 is 5.97 Å². The van der Waals surface area contributed by atoms with Gasteiger partial charge in [0, 0.05) is 24.4 Å². The fraction of sp³-hybridized carbons (Fsp3) is 0.348. The van der Waals surface area contributed by atoms with E-state index in [1.165, 1.54) is 6.20 Å². The molecule has 0 unspecified atom stereocenters. The van der Waals surface area contributed by atoms with Crippen LogP contribution < -0.4 is 4.90 Å². The molecule has 1 aromatic carbocycles. The number of esters is 1. The van der Waals surface area contributed by atoms with Crippen molar-refractivity contribution < 1.29 is 14.3 Å². The highest BCUT2D eigenvalue weighted by Gasteiger charge is 2.22. The van der Waals surface area contributed by atoms with Crippen LogP contribution in [0.25, 0.3) is 5.65 Å². The van der Waals surface area contributed by atoms with Crippen LogP contribution in [0.2, 0.25) is 0 Å². The van der Waals surface area contributed by atoms with Crippen molar-refractivity contribution in [2.75, 3.05) is 18.1 Å². The van der Waals surface area contributed by atoms with E-state index in [0.29, 0.717) is 35.4 Å². The number of carbonyl (C=O) groups excluding carboxylic acids is 2. The average Bonchev–Trinajstić information content (AvgIpc) is 3.17. The van der Waals surface area contributed by atoms with Gasteiger partial charge in [0.25, 0.3) is 0 Å². The second kappa shape index (κ2) is 9.39. The van der Waals surface area contributed by atoms with Gasteiger partial charge < -0.3 is 9.64 Å². The molecule has 3 aromatic rings. The zero-order chi connectivity index (χ0) is 22.5. The molecule has 0 atom stereocenters. The normalized spacial score (nSPS) is 10.7. The zero-order valence-electron chi connectivity index (χ0n) is 18.2. The van der Waals surface area contributed by atoms with Gasteiger partial charge in [0.15, 0.2) is 5.65 Å². The van der Waals surface area contributed by atoms with Gasteiger partial charge in [0.05, 0.1) is 24.1 Å². The Morgan fingerprint density at radius 1 is 1.23 bits per heavy atom. The van der Waals surface area contributed by atoms with Crippen LogP contribution >= 0.6 is 0 Å². The molecule has 0 saturated heterocycles. The minimum absolute atomic E-state index is 0.101. The van der Waals surface area contributed by atoms with E-state index < -0.39 is 5.97 Å². The number of fused-ring (bicyclic) bond motifs is 1. The summed E-state index contributed by atoms with van der Waals surface area (Å²) in [6, 6.07) is 9.06. The lowest BCUT2D eigenvalue weighted by Gasteiger charge is -2.23. The zero-order valence-corrected chi connectivity index (χ0v) is 18.2. The van der Waals surface area contributed by atoms with Gasteiger partial charge in [0.1, 0.15) is 11.6 Å². The molecule has 0 N–H and O–H groups in total. The lowest BCUT2D eigenvalue weighted by molar-refractivity contribution is -0.118. The molecule has 0 spiro atoms. The van der Waals surface area contributed by atoms with Crippen molar-refractivity contribution in [1.82, 2.24) is 14.6 Å². The first kappa shape index (κ1) is 22.0. The summed E-state index contributed by atoms with van der Waals surface area (Å²) in [5, 5.41) is 13.5. The van der Waals surface area contributed by atoms with Gasteiger partial charge in [-0.05, 0) is 51.8 Å². The van der Waals surface area contributed by atoms with Crippen LogP contribution in [0.15, 0.2) is 30.5 Å². The summed E-state index contributed by atoms with van der Waals surface area (Å²) >= 11 is 0. The summed E-state index contributed by atoms with van der Waals surface area (Å²) in [5.41, 5.74) is 4.39. The monoisotopic (exact) mass is 419 g/mol. The molecule has 0 aliphatic rings. The summed E-state index contributed by atoms with van der Waals surface area (Å²) in [6.07, 6.45) is 2.21. The molecule has 31 heavy (non-hydrogen) atoms. The fourth-order valence-electron chi connectivity index (χ4n) is 3.69. The predicted octanol–water partition coefficient (Wildman–Crippen LogP) is 3.38. The summed E-state index contributed by atoms with van der Waals surface area (Å²) in [4.78, 5) is 31.6. The van der Waals surface area contributed by atoms with Gasteiger partial charge in [-0.15, -0.1) is 0 Å². The number of carbonyl (C=O) groups is 2. The first-order chi connectivity index (χ1) is 14.9. The fourth-order valence-corrected chi connectivity index (χ4v) is 3.69. The number of amides is 1. The standard InChI is InChI=1S/C23H25N5O3/c1-5-27(20-10-8-7-9-19(20)23(30)31-6-2)21(29)12-11-18-15(3)26-22-17(13-24)14-25-28(22)16(18)4/h7-10,14H,5-6,11-12H2,1-4H3. The maximum Gasteiger partial charge on any atom is 0.340 e. The first-order valence-electron chi connectivity index (χ1n) is 10.2. The largest absolute Gasteiger partial charge is 0.462 e. The number of hydrogen-bond acceptors (Lipinski definition) is 6. The molecule has 8 nitrogen and oxygen atoms in total. The van der Waals surface area contributed by atoms with Crippen LogP contribution in [0.3, 0.4) is 0 Å². The molecule has 2 aromatic heterocycles. The molecule has 0 fully saturated rings. The maximum absolute atomic E-state index is 13.1. The van der Waals surface area contributed by atoms with E-state index in [9.17, 15) is 14.9 Å². The number of aromatic nitrogens is 3. The summed E-state index contributed by atoms with van der Waals surface area (Å²) in [7, 11) is 0. The Bertz CT molecular complexity index is 1180. The van der Waals surface area contributed by atoms with E-state index in [1.807, 2.05) is 20.8 Å². The second-order valence-electron chi connectivity index (χ2n) is 7.04. The number of nitrogens with zero attached hydrogens (tertiary/aromatic N) is 5. The number of anilines is 1. The van der Waals surface area contributed by atoms with Crippen LogP contribution in [-0.4, -0.2) is 39.6 Å². The van der Waals surface area contributed by atoms with Gasteiger partial charge in [-0.1, -0.05) is 12.1 Å². The molecule has 0 aliphatic heterocycles. The molecule has 0 aliphatic carbocycles. The molecule has 3 rings (SSSR count). The van der Waals surface area contributed by atoms with Crippen LogP contribution in [0.4, 0.5) is 5.69 Å². The Morgan fingerprint density at radius 2 is 1.97 bits per heavy atom.